The largest absolute Gasteiger partial charge is 0.466 e. The van der Waals surface area contributed by atoms with Crippen molar-refractivity contribution in [3.05, 3.63) is 60.7 Å². The van der Waals surface area contributed by atoms with Gasteiger partial charge in [0.25, 0.3) is 0 Å². The number of nitrogens with one attached hydrogen (secondary N) is 1. The smallest absolute Gasteiger partial charge is 0.370 e. The van der Waals surface area contributed by atoms with E-state index < -0.39 is 7.82 Å². The quantitative estimate of drug-likeness (QED) is 0.265. The number of hydrogen-bond donors (Lipinski definition) is 6. The van der Waals surface area contributed by atoms with Crippen LogP contribution in [0.1, 0.15) is 0 Å². The standard InChI is InChI=1S/C12H10.CH5N3.H3O4P/c1-3-7-11(8-4-1)12-9-5-2-6-10-12;2-1(3)4;1-5(2,3)4/h1-10H;(H5,2,3,4);(H3,1,2,3,4). The normalized spacial score (nSPS) is 9.48. The van der Waals surface area contributed by atoms with Crippen LogP contribution in [0, 0.1) is 5.41 Å². The van der Waals surface area contributed by atoms with Gasteiger partial charge in [-0.2, -0.15) is 0 Å². The molecule has 0 unspecified atom stereocenters. The third-order valence-corrected chi connectivity index (χ3v) is 1.88. The Morgan fingerprint density at radius 1 is 0.810 bits per heavy atom. The van der Waals surface area contributed by atoms with E-state index in [9.17, 15) is 0 Å². The van der Waals surface area contributed by atoms with Crippen molar-refractivity contribution in [2.75, 3.05) is 0 Å². The van der Waals surface area contributed by atoms with Crippen LogP contribution in [-0.2, 0) is 4.57 Å². The first-order chi connectivity index (χ1) is 9.70. The summed E-state index contributed by atoms with van der Waals surface area (Å²) in [5.41, 5.74) is 11.5. The summed E-state index contributed by atoms with van der Waals surface area (Å²) in [5, 5.41) is 6.06. The minimum atomic E-state index is -4.64. The van der Waals surface area contributed by atoms with Gasteiger partial charge < -0.3 is 26.1 Å². The number of nitrogens with two attached hydrogens (primary N) is 2. The molecule has 21 heavy (non-hydrogen) atoms. The Labute approximate surface area is 122 Å². The average molecular weight is 311 g/mol. The second-order valence-corrected chi connectivity index (χ2v) is 4.73. The van der Waals surface area contributed by atoms with Crippen molar-refractivity contribution in [3.63, 3.8) is 0 Å². The van der Waals surface area contributed by atoms with Crippen LogP contribution in [0.4, 0.5) is 0 Å². The zero-order valence-electron chi connectivity index (χ0n) is 11.1. The molecule has 0 saturated carbocycles. The van der Waals surface area contributed by atoms with Gasteiger partial charge in [0.05, 0.1) is 0 Å². The van der Waals surface area contributed by atoms with Gasteiger partial charge in [0.2, 0.25) is 0 Å². The number of hydrogen-bond acceptors (Lipinski definition) is 2. The molecule has 0 aliphatic rings. The highest BCUT2D eigenvalue weighted by molar-refractivity contribution is 7.45. The van der Waals surface area contributed by atoms with Gasteiger partial charge in [0.15, 0.2) is 5.96 Å². The molecule has 2 rings (SSSR count). The van der Waals surface area contributed by atoms with Crippen molar-refractivity contribution < 1.29 is 19.2 Å². The summed E-state index contributed by atoms with van der Waals surface area (Å²) in [6, 6.07) is 20.8. The molecule has 8 heteroatoms. The number of guanidine groups is 1. The van der Waals surface area contributed by atoms with Crippen molar-refractivity contribution in [3.8, 4) is 11.1 Å². The molecule has 0 atom stereocenters. The van der Waals surface area contributed by atoms with Crippen molar-refractivity contribution in [2.24, 2.45) is 11.5 Å². The fourth-order valence-corrected chi connectivity index (χ4v) is 1.26. The molecule has 8 N–H and O–H groups in total. The highest BCUT2D eigenvalue weighted by Gasteiger charge is 2.00. The van der Waals surface area contributed by atoms with E-state index in [2.05, 4.69) is 60.0 Å². The molecule has 0 spiro atoms. The molecular formula is C13H18N3O4P. The maximum absolute atomic E-state index is 8.88. The first-order valence-electron chi connectivity index (χ1n) is 5.68. The minimum absolute atomic E-state index is 0.333. The van der Waals surface area contributed by atoms with Crippen molar-refractivity contribution in [1.29, 1.82) is 5.41 Å². The van der Waals surface area contributed by atoms with Gasteiger partial charge in [-0.25, -0.2) is 4.57 Å². The summed E-state index contributed by atoms with van der Waals surface area (Å²) in [4.78, 5) is 21.6. The third-order valence-electron chi connectivity index (χ3n) is 1.88. The molecule has 0 saturated heterocycles. The molecular weight excluding hydrogens is 293 g/mol. The predicted molar refractivity (Wildman–Crippen MR) is 82.2 cm³/mol. The zero-order valence-corrected chi connectivity index (χ0v) is 12.0. The van der Waals surface area contributed by atoms with Gasteiger partial charge in [-0.05, 0) is 11.1 Å². The van der Waals surface area contributed by atoms with Gasteiger partial charge in [0.1, 0.15) is 0 Å². The van der Waals surface area contributed by atoms with Crippen LogP contribution in [0.15, 0.2) is 60.7 Å². The summed E-state index contributed by atoms with van der Waals surface area (Å²) in [6.45, 7) is 0. The lowest BCUT2D eigenvalue weighted by atomic mass is 10.1. The predicted octanol–water partition coefficient (Wildman–Crippen LogP) is 1.26. The maximum atomic E-state index is 8.88. The van der Waals surface area contributed by atoms with Gasteiger partial charge >= 0.3 is 7.82 Å². The summed E-state index contributed by atoms with van der Waals surface area (Å²) in [6.07, 6.45) is 0. The van der Waals surface area contributed by atoms with Crippen LogP contribution in [0.3, 0.4) is 0 Å². The molecule has 0 aromatic heterocycles. The van der Waals surface area contributed by atoms with Gasteiger partial charge in [0, 0.05) is 0 Å². The average Bonchev–Trinajstić information content (AvgIpc) is 2.38. The van der Waals surface area contributed by atoms with Crippen LogP contribution in [0.5, 0.6) is 0 Å². The molecule has 114 valence electrons. The van der Waals surface area contributed by atoms with E-state index in [1.807, 2.05) is 12.1 Å². The van der Waals surface area contributed by atoms with E-state index in [4.69, 9.17) is 24.7 Å². The van der Waals surface area contributed by atoms with E-state index in [0.717, 1.165) is 0 Å². The zero-order chi connectivity index (χ0) is 16.3. The lowest BCUT2D eigenvalue weighted by Crippen LogP contribution is -2.20. The summed E-state index contributed by atoms with van der Waals surface area (Å²) >= 11 is 0. The Morgan fingerprint density at radius 3 is 1.19 bits per heavy atom. The second kappa shape index (κ2) is 9.68. The van der Waals surface area contributed by atoms with E-state index in [-0.39, 0.29) is 5.96 Å². The van der Waals surface area contributed by atoms with Crippen molar-refractivity contribution >= 4 is 13.8 Å². The summed E-state index contributed by atoms with van der Waals surface area (Å²) < 4.78 is 8.88. The second-order valence-electron chi connectivity index (χ2n) is 3.70. The Bertz CT molecular complexity index is 523. The lowest BCUT2D eigenvalue weighted by Gasteiger charge is -1.98. The van der Waals surface area contributed by atoms with Gasteiger partial charge in [-0.1, -0.05) is 60.7 Å². The van der Waals surface area contributed by atoms with Gasteiger partial charge in [-0.15, -0.1) is 0 Å². The fourth-order valence-electron chi connectivity index (χ4n) is 1.26. The third kappa shape index (κ3) is 14.0. The number of benzene rings is 2. The Morgan fingerprint density at radius 2 is 1.00 bits per heavy atom. The molecule has 0 heterocycles. The van der Waals surface area contributed by atoms with E-state index in [1.54, 1.807) is 0 Å². The van der Waals surface area contributed by atoms with E-state index >= 15 is 0 Å². The van der Waals surface area contributed by atoms with Crippen molar-refractivity contribution in [2.45, 2.75) is 0 Å². The minimum Gasteiger partial charge on any atom is -0.370 e. The summed E-state index contributed by atoms with van der Waals surface area (Å²) in [7, 11) is -4.64. The van der Waals surface area contributed by atoms with Crippen LogP contribution in [0.25, 0.3) is 11.1 Å². The monoisotopic (exact) mass is 311 g/mol. The molecule has 0 amide bonds. The lowest BCUT2D eigenvalue weighted by molar-refractivity contribution is 0.275. The topological polar surface area (TPSA) is 154 Å². The van der Waals surface area contributed by atoms with Gasteiger partial charge in [-0.3, -0.25) is 5.41 Å². The highest BCUT2D eigenvalue weighted by Crippen LogP contribution is 2.25. The SMILES string of the molecule is N=C(N)N.O=P(O)(O)O.c1ccc(-c2ccccc2)cc1. The number of phosphoric acid groups is 1. The molecule has 0 aliphatic carbocycles. The van der Waals surface area contributed by atoms with Crippen molar-refractivity contribution in [1.82, 2.24) is 0 Å². The van der Waals surface area contributed by atoms with Crippen LogP contribution in [0.2, 0.25) is 0 Å². The molecule has 0 fully saturated rings. The fraction of sp³-hybridized carbons (Fsp3) is 0. The van der Waals surface area contributed by atoms with E-state index in [0.29, 0.717) is 0 Å². The Kier molecular flexibility index (Phi) is 8.68. The highest BCUT2D eigenvalue weighted by atomic mass is 31.2. The molecule has 7 nitrogen and oxygen atoms in total. The first-order valence-corrected chi connectivity index (χ1v) is 7.25. The van der Waals surface area contributed by atoms with Crippen LogP contribution < -0.4 is 11.5 Å². The Hall–Kier alpha value is -2.18. The first kappa shape index (κ1) is 18.8. The molecule has 2 aromatic carbocycles. The molecule has 2 aromatic rings. The molecule has 0 bridgehead atoms. The van der Waals surface area contributed by atoms with Crippen LogP contribution >= 0.6 is 7.82 Å². The Balaban J connectivity index is 0.000000374. The summed E-state index contributed by atoms with van der Waals surface area (Å²) in [5.74, 6) is -0.333. The van der Waals surface area contributed by atoms with E-state index in [1.165, 1.54) is 11.1 Å². The maximum Gasteiger partial charge on any atom is 0.466 e. The molecule has 0 radical (unpaired) electrons. The number of rotatable bonds is 1. The van der Waals surface area contributed by atoms with Crippen LogP contribution in [-0.4, -0.2) is 20.6 Å². The molecule has 0 aliphatic heterocycles.